The van der Waals surface area contributed by atoms with Crippen LogP contribution in [0, 0.1) is 6.92 Å². The highest BCUT2D eigenvalue weighted by Gasteiger charge is 2.24. The van der Waals surface area contributed by atoms with Crippen LogP contribution in [0.2, 0.25) is 0 Å². The summed E-state index contributed by atoms with van der Waals surface area (Å²) in [5, 5.41) is 0. The summed E-state index contributed by atoms with van der Waals surface area (Å²) in [6.45, 7) is 1.51. The van der Waals surface area contributed by atoms with Crippen molar-refractivity contribution in [2.24, 2.45) is 0 Å². The molecule has 15 heavy (non-hydrogen) atoms. The summed E-state index contributed by atoms with van der Waals surface area (Å²) in [5.41, 5.74) is 6.06. The smallest absolute Gasteiger partial charge is 0.355 e. The lowest BCUT2D eigenvalue weighted by Gasteiger charge is -2.08. The number of halogens is 2. The highest BCUT2D eigenvalue weighted by atomic mass is 32.2. The molecule has 0 aliphatic rings. The van der Waals surface area contributed by atoms with Crippen molar-refractivity contribution in [2.75, 3.05) is 10.5 Å². The third kappa shape index (κ3) is 2.75. The Labute approximate surface area is 85.4 Å². The summed E-state index contributed by atoms with van der Waals surface area (Å²) < 4.78 is 47.3. The van der Waals surface area contributed by atoms with Crippen molar-refractivity contribution in [1.82, 2.24) is 4.98 Å². The Balaban J connectivity index is 3.01. The molecule has 1 aromatic rings. The molecule has 0 radical (unpaired) electrons. The van der Waals surface area contributed by atoms with Gasteiger partial charge in [-0.3, -0.25) is 4.72 Å². The van der Waals surface area contributed by atoms with Crippen LogP contribution in [0.4, 0.5) is 20.3 Å². The summed E-state index contributed by atoms with van der Waals surface area (Å²) in [4.78, 5) is 3.60. The number of aromatic nitrogens is 1. The number of aryl methyl sites for hydroxylation is 1. The molecule has 0 fully saturated rings. The Morgan fingerprint density at radius 2 is 2.13 bits per heavy atom. The number of sulfonamides is 1. The van der Waals surface area contributed by atoms with E-state index in [4.69, 9.17) is 5.73 Å². The Morgan fingerprint density at radius 3 is 2.60 bits per heavy atom. The van der Waals surface area contributed by atoms with E-state index in [2.05, 4.69) is 4.98 Å². The Hall–Kier alpha value is -1.44. The third-order valence-corrected chi connectivity index (χ3v) is 2.52. The van der Waals surface area contributed by atoms with Crippen LogP contribution in [0.15, 0.2) is 12.3 Å². The van der Waals surface area contributed by atoms with Gasteiger partial charge >= 0.3 is 5.76 Å². The van der Waals surface area contributed by atoms with E-state index in [0.29, 0.717) is 11.3 Å². The molecule has 0 aromatic carbocycles. The zero-order valence-electron chi connectivity index (χ0n) is 7.74. The molecule has 5 nitrogen and oxygen atoms in total. The monoisotopic (exact) mass is 237 g/mol. The van der Waals surface area contributed by atoms with E-state index in [0.717, 1.165) is 0 Å². The van der Waals surface area contributed by atoms with Gasteiger partial charge in [-0.2, -0.15) is 8.78 Å². The van der Waals surface area contributed by atoms with Gasteiger partial charge in [-0.15, -0.1) is 0 Å². The molecular formula is C7H9F2N3O2S. The van der Waals surface area contributed by atoms with Crippen molar-refractivity contribution >= 4 is 21.5 Å². The van der Waals surface area contributed by atoms with Crippen LogP contribution in [0.3, 0.4) is 0 Å². The largest absolute Gasteiger partial charge is 0.397 e. The second kappa shape index (κ2) is 3.97. The van der Waals surface area contributed by atoms with E-state index in [9.17, 15) is 17.2 Å². The first-order valence-electron chi connectivity index (χ1n) is 3.85. The van der Waals surface area contributed by atoms with E-state index in [-0.39, 0.29) is 5.82 Å². The Bertz CT molecular complexity index is 461. The lowest BCUT2D eigenvalue weighted by Crippen LogP contribution is -2.21. The topological polar surface area (TPSA) is 85.1 Å². The maximum atomic E-state index is 12.0. The molecule has 84 valence electrons. The molecular weight excluding hydrogens is 228 g/mol. The van der Waals surface area contributed by atoms with Crippen molar-refractivity contribution < 1.29 is 17.2 Å². The Morgan fingerprint density at radius 1 is 1.53 bits per heavy atom. The minimum absolute atomic E-state index is 0.149. The molecule has 3 N–H and O–H groups in total. The van der Waals surface area contributed by atoms with Gasteiger partial charge in [0.15, 0.2) is 0 Å². The molecule has 0 unspecified atom stereocenters. The molecule has 0 saturated carbocycles. The summed E-state index contributed by atoms with van der Waals surface area (Å²) in [6, 6.07) is 1.43. The predicted octanol–water partition coefficient (Wildman–Crippen LogP) is 0.937. The molecule has 8 heteroatoms. The zero-order valence-corrected chi connectivity index (χ0v) is 8.55. The van der Waals surface area contributed by atoms with Gasteiger partial charge in [0.25, 0.3) is 10.0 Å². The molecule has 0 aliphatic heterocycles. The van der Waals surface area contributed by atoms with Crippen LogP contribution < -0.4 is 10.5 Å². The fourth-order valence-corrected chi connectivity index (χ4v) is 1.45. The summed E-state index contributed by atoms with van der Waals surface area (Å²) >= 11 is 0. The number of anilines is 2. The SMILES string of the molecule is Cc1cc(N)cnc1NS(=O)(=O)C(F)F. The minimum Gasteiger partial charge on any atom is -0.397 e. The number of hydrogen-bond donors (Lipinski definition) is 2. The molecule has 0 spiro atoms. The quantitative estimate of drug-likeness (QED) is 0.819. The van der Waals surface area contributed by atoms with E-state index in [1.807, 2.05) is 0 Å². The number of nitrogens with one attached hydrogen (secondary N) is 1. The van der Waals surface area contributed by atoms with Crippen LogP contribution in [0.25, 0.3) is 0 Å². The van der Waals surface area contributed by atoms with Gasteiger partial charge < -0.3 is 5.73 Å². The lowest BCUT2D eigenvalue weighted by molar-refractivity contribution is 0.236. The van der Waals surface area contributed by atoms with Gasteiger partial charge in [0.05, 0.1) is 11.9 Å². The zero-order chi connectivity index (χ0) is 11.6. The molecule has 0 bridgehead atoms. The van der Waals surface area contributed by atoms with Crippen molar-refractivity contribution in [3.05, 3.63) is 17.8 Å². The van der Waals surface area contributed by atoms with Gasteiger partial charge in [-0.05, 0) is 18.6 Å². The highest BCUT2D eigenvalue weighted by molar-refractivity contribution is 7.92. The first-order valence-corrected chi connectivity index (χ1v) is 5.39. The first-order chi connectivity index (χ1) is 6.83. The average molecular weight is 237 g/mol. The number of hydrogen-bond acceptors (Lipinski definition) is 4. The van der Waals surface area contributed by atoms with Gasteiger partial charge in [-0.1, -0.05) is 0 Å². The van der Waals surface area contributed by atoms with Crippen LogP contribution in [0.1, 0.15) is 5.56 Å². The van der Waals surface area contributed by atoms with Crippen LogP contribution in [-0.4, -0.2) is 19.2 Å². The van der Waals surface area contributed by atoms with Crippen LogP contribution in [-0.2, 0) is 10.0 Å². The van der Waals surface area contributed by atoms with E-state index >= 15 is 0 Å². The summed E-state index contributed by atoms with van der Waals surface area (Å²) in [6.07, 6.45) is 1.18. The predicted molar refractivity (Wildman–Crippen MR) is 51.9 cm³/mol. The average Bonchev–Trinajstić information content (AvgIpc) is 2.09. The molecule has 0 aliphatic carbocycles. The second-order valence-electron chi connectivity index (χ2n) is 2.84. The van der Waals surface area contributed by atoms with E-state index < -0.39 is 15.8 Å². The van der Waals surface area contributed by atoms with Crippen molar-refractivity contribution in [3.8, 4) is 0 Å². The van der Waals surface area contributed by atoms with Gasteiger partial charge in [-0.25, -0.2) is 13.4 Å². The van der Waals surface area contributed by atoms with Crippen molar-refractivity contribution in [1.29, 1.82) is 0 Å². The van der Waals surface area contributed by atoms with E-state index in [1.54, 1.807) is 4.72 Å². The van der Waals surface area contributed by atoms with E-state index in [1.165, 1.54) is 19.2 Å². The summed E-state index contributed by atoms with van der Waals surface area (Å²) in [5.74, 6) is -3.64. The maximum Gasteiger partial charge on any atom is 0.355 e. The highest BCUT2D eigenvalue weighted by Crippen LogP contribution is 2.17. The normalized spacial score (nSPS) is 11.7. The first kappa shape index (κ1) is 11.6. The third-order valence-electron chi connectivity index (χ3n) is 1.57. The number of rotatable bonds is 3. The maximum absolute atomic E-state index is 12.0. The molecule has 0 saturated heterocycles. The molecule has 0 atom stereocenters. The van der Waals surface area contributed by atoms with Gasteiger partial charge in [0.1, 0.15) is 5.82 Å². The standard InChI is InChI=1S/C7H9F2N3O2S/c1-4-2-5(10)3-11-6(4)12-15(13,14)7(8)9/h2-3,7H,10H2,1H3,(H,11,12). The number of nitrogens with two attached hydrogens (primary N) is 1. The second-order valence-corrected chi connectivity index (χ2v) is 4.49. The van der Waals surface area contributed by atoms with Gasteiger partial charge in [0.2, 0.25) is 0 Å². The van der Waals surface area contributed by atoms with Crippen molar-refractivity contribution in [2.45, 2.75) is 12.7 Å². The van der Waals surface area contributed by atoms with Crippen LogP contribution in [0.5, 0.6) is 0 Å². The fourth-order valence-electron chi connectivity index (χ4n) is 0.883. The molecule has 0 amide bonds. The molecule has 1 aromatic heterocycles. The lowest BCUT2D eigenvalue weighted by atomic mass is 10.3. The Kier molecular flexibility index (Phi) is 3.08. The molecule has 1 heterocycles. The van der Waals surface area contributed by atoms with Crippen LogP contribution >= 0.6 is 0 Å². The number of nitrogen functional groups attached to an aromatic ring is 1. The summed E-state index contributed by atoms with van der Waals surface area (Å²) in [7, 11) is -4.67. The number of alkyl halides is 2. The molecule has 1 rings (SSSR count). The van der Waals surface area contributed by atoms with Crippen molar-refractivity contribution in [3.63, 3.8) is 0 Å². The fraction of sp³-hybridized carbons (Fsp3) is 0.286. The number of nitrogens with zero attached hydrogens (tertiary/aromatic N) is 1. The van der Waals surface area contributed by atoms with Gasteiger partial charge in [0, 0.05) is 0 Å². The number of pyridine rings is 1. The minimum atomic E-state index is -4.67.